The van der Waals surface area contributed by atoms with E-state index in [4.69, 9.17) is 0 Å². The van der Waals surface area contributed by atoms with Gasteiger partial charge in [0.2, 0.25) is 0 Å². The highest BCUT2D eigenvalue weighted by atomic mass is 127. The van der Waals surface area contributed by atoms with Crippen molar-refractivity contribution in [1.29, 1.82) is 0 Å². The van der Waals surface area contributed by atoms with Crippen LogP contribution in [0.15, 0.2) is 44.7 Å². The van der Waals surface area contributed by atoms with Crippen LogP contribution in [0, 0.1) is 17.4 Å². The standard InChI is InChI=1S/C18H14BrIN2O2S/c1-9-3-10(2)5-13(4-9)21-18-22-17(24)15(25-18)7-11-6-12(19)8-14(20)16(11)23/h3-8,23H,1-2H3,(H,21,22,24). The summed E-state index contributed by atoms with van der Waals surface area (Å²) in [6.45, 7) is 4.03. The number of nitrogens with zero attached hydrogens (tertiary/aromatic N) is 1. The van der Waals surface area contributed by atoms with Gasteiger partial charge in [-0.3, -0.25) is 4.79 Å². The number of hydrogen-bond donors (Lipinski definition) is 2. The molecule has 0 aliphatic carbocycles. The normalized spacial score (nSPS) is 17.4. The maximum atomic E-state index is 12.2. The van der Waals surface area contributed by atoms with Crippen LogP contribution >= 0.6 is 50.3 Å². The van der Waals surface area contributed by atoms with E-state index in [-0.39, 0.29) is 11.7 Å². The van der Waals surface area contributed by atoms with Crippen LogP contribution in [-0.4, -0.2) is 16.2 Å². The monoisotopic (exact) mass is 528 g/mol. The Morgan fingerprint density at radius 2 is 1.88 bits per heavy atom. The summed E-state index contributed by atoms with van der Waals surface area (Å²) >= 11 is 6.72. The Labute approximate surface area is 172 Å². The second kappa shape index (κ2) is 7.51. The number of amidine groups is 1. The minimum atomic E-state index is -0.220. The summed E-state index contributed by atoms with van der Waals surface area (Å²) in [5.41, 5.74) is 3.64. The maximum Gasteiger partial charge on any atom is 0.264 e. The number of aromatic hydroxyl groups is 1. The minimum Gasteiger partial charge on any atom is -0.506 e. The highest BCUT2D eigenvalue weighted by molar-refractivity contribution is 14.1. The third kappa shape index (κ3) is 4.45. The number of hydrogen-bond acceptors (Lipinski definition) is 4. The molecule has 1 aliphatic heterocycles. The van der Waals surface area contributed by atoms with Gasteiger partial charge in [0.15, 0.2) is 5.17 Å². The number of aryl methyl sites for hydroxylation is 2. The lowest BCUT2D eigenvalue weighted by molar-refractivity contribution is -0.115. The van der Waals surface area contributed by atoms with Crippen molar-refractivity contribution in [3.63, 3.8) is 0 Å². The first-order valence-corrected chi connectivity index (χ1v) is 10.1. The average molecular weight is 529 g/mol. The molecule has 7 heteroatoms. The van der Waals surface area contributed by atoms with Gasteiger partial charge in [-0.1, -0.05) is 22.0 Å². The fourth-order valence-corrected chi connectivity index (χ4v) is 4.83. The average Bonchev–Trinajstić information content (AvgIpc) is 2.82. The SMILES string of the molecule is Cc1cc(C)cc(N=C2NC(=O)C(=Cc3cc(Br)cc(I)c3O)S2)c1. The first kappa shape index (κ1) is 18.5. The summed E-state index contributed by atoms with van der Waals surface area (Å²) in [5.74, 6) is -0.0630. The zero-order valence-electron chi connectivity index (χ0n) is 13.4. The smallest absolute Gasteiger partial charge is 0.264 e. The molecular weight excluding hydrogens is 515 g/mol. The van der Waals surface area contributed by atoms with Crippen molar-refractivity contribution in [2.45, 2.75) is 13.8 Å². The van der Waals surface area contributed by atoms with Crippen molar-refractivity contribution in [2.24, 2.45) is 4.99 Å². The third-order valence-corrected chi connectivity index (χ3v) is 5.62. The number of phenolic OH excluding ortho intramolecular Hbond substituents is 1. The third-order valence-electron chi connectivity index (χ3n) is 3.43. The largest absolute Gasteiger partial charge is 0.506 e. The molecule has 1 heterocycles. The Balaban J connectivity index is 1.91. The Bertz CT molecular complexity index is 921. The predicted molar refractivity (Wildman–Crippen MR) is 115 cm³/mol. The van der Waals surface area contributed by atoms with Crippen molar-refractivity contribution >= 4 is 73.1 Å². The summed E-state index contributed by atoms with van der Waals surface area (Å²) in [6, 6.07) is 9.60. The zero-order valence-corrected chi connectivity index (χ0v) is 18.0. The molecule has 0 unspecified atom stereocenters. The number of nitrogens with one attached hydrogen (secondary N) is 1. The molecule has 0 radical (unpaired) electrons. The Morgan fingerprint density at radius 3 is 2.56 bits per heavy atom. The fraction of sp³-hybridized carbons (Fsp3) is 0.111. The number of rotatable bonds is 2. The maximum absolute atomic E-state index is 12.2. The summed E-state index contributed by atoms with van der Waals surface area (Å²) in [5, 5.41) is 13.5. The molecule has 1 saturated heterocycles. The van der Waals surface area contributed by atoms with E-state index in [0.717, 1.165) is 21.3 Å². The molecule has 2 aromatic rings. The summed E-state index contributed by atoms with van der Waals surface area (Å²) in [6.07, 6.45) is 1.67. The highest BCUT2D eigenvalue weighted by Crippen LogP contribution is 2.34. The van der Waals surface area contributed by atoms with Gasteiger partial charge in [-0.15, -0.1) is 0 Å². The van der Waals surface area contributed by atoms with Gasteiger partial charge in [0.25, 0.3) is 5.91 Å². The van der Waals surface area contributed by atoms with Crippen LogP contribution in [0.3, 0.4) is 0 Å². The molecule has 0 bridgehead atoms. The van der Waals surface area contributed by atoms with E-state index in [1.54, 1.807) is 12.1 Å². The number of halogens is 2. The van der Waals surface area contributed by atoms with E-state index in [1.165, 1.54) is 11.8 Å². The number of amides is 1. The molecule has 4 nitrogen and oxygen atoms in total. The van der Waals surface area contributed by atoms with Gasteiger partial charge >= 0.3 is 0 Å². The first-order chi connectivity index (χ1) is 11.8. The van der Waals surface area contributed by atoms with Crippen molar-refractivity contribution in [3.05, 3.63) is 60.0 Å². The second-order valence-corrected chi connectivity index (χ2v) is 8.76. The van der Waals surface area contributed by atoms with Crippen LogP contribution in [0.25, 0.3) is 6.08 Å². The van der Waals surface area contributed by atoms with Gasteiger partial charge in [-0.05, 0) is 89.7 Å². The molecule has 1 aliphatic rings. The molecule has 2 N–H and O–H groups in total. The van der Waals surface area contributed by atoms with Gasteiger partial charge in [-0.25, -0.2) is 4.99 Å². The lowest BCUT2D eigenvalue weighted by Crippen LogP contribution is -2.19. The van der Waals surface area contributed by atoms with Gasteiger partial charge < -0.3 is 10.4 Å². The van der Waals surface area contributed by atoms with Crippen LogP contribution in [0.4, 0.5) is 5.69 Å². The molecule has 2 aromatic carbocycles. The first-order valence-electron chi connectivity index (χ1n) is 7.38. The highest BCUT2D eigenvalue weighted by Gasteiger charge is 2.24. The Hall–Kier alpha value is -1.32. The van der Waals surface area contributed by atoms with Crippen LogP contribution in [0.1, 0.15) is 16.7 Å². The van der Waals surface area contributed by atoms with Gasteiger partial charge in [0.1, 0.15) is 5.75 Å². The fourth-order valence-electron chi connectivity index (χ4n) is 2.45. The minimum absolute atomic E-state index is 0.157. The topological polar surface area (TPSA) is 61.7 Å². The van der Waals surface area contributed by atoms with Crippen LogP contribution in [0.5, 0.6) is 5.75 Å². The van der Waals surface area contributed by atoms with E-state index in [0.29, 0.717) is 19.2 Å². The van der Waals surface area contributed by atoms with Crippen LogP contribution in [0.2, 0.25) is 0 Å². The quantitative estimate of drug-likeness (QED) is 0.412. The summed E-state index contributed by atoms with van der Waals surface area (Å²) in [7, 11) is 0. The van der Waals surface area contributed by atoms with Crippen molar-refractivity contribution in [1.82, 2.24) is 5.32 Å². The number of phenols is 1. The molecule has 128 valence electrons. The number of aliphatic imine (C=N–C) groups is 1. The van der Waals surface area contributed by atoms with Crippen molar-refractivity contribution in [3.8, 4) is 5.75 Å². The predicted octanol–water partition coefficient (Wildman–Crippen LogP) is 5.27. The van der Waals surface area contributed by atoms with E-state index in [1.807, 2.05) is 32.0 Å². The zero-order chi connectivity index (χ0) is 18.1. The van der Waals surface area contributed by atoms with E-state index in [9.17, 15) is 9.90 Å². The number of benzene rings is 2. The molecule has 1 amide bonds. The molecule has 0 aromatic heterocycles. The number of carbonyl (C=O) groups is 1. The molecule has 1 fully saturated rings. The van der Waals surface area contributed by atoms with E-state index < -0.39 is 0 Å². The molecule has 0 saturated carbocycles. The van der Waals surface area contributed by atoms with Crippen LogP contribution < -0.4 is 5.32 Å². The molecule has 0 atom stereocenters. The number of thioether (sulfide) groups is 1. The van der Waals surface area contributed by atoms with Gasteiger partial charge in [-0.2, -0.15) is 0 Å². The van der Waals surface area contributed by atoms with Crippen molar-refractivity contribution in [2.75, 3.05) is 0 Å². The Kier molecular flexibility index (Phi) is 5.55. The molecule has 25 heavy (non-hydrogen) atoms. The summed E-state index contributed by atoms with van der Waals surface area (Å²) < 4.78 is 1.56. The lowest BCUT2D eigenvalue weighted by atomic mass is 10.1. The lowest BCUT2D eigenvalue weighted by Gasteiger charge is -2.03. The molecular formula is C18H14BrIN2O2S. The van der Waals surface area contributed by atoms with E-state index in [2.05, 4.69) is 54.9 Å². The van der Waals surface area contributed by atoms with Gasteiger partial charge in [0.05, 0.1) is 14.2 Å². The second-order valence-electron chi connectivity index (χ2n) is 5.65. The molecule has 0 spiro atoms. The van der Waals surface area contributed by atoms with Gasteiger partial charge in [0, 0.05) is 10.0 Å². The molecule has 3 rings (SSSR count). The Morgan fingerprint density at radius 1 is 1.20 bits per heavy atom. The van der Waals surface area contributed by atoms with Crippen LogP contribution in [-0.2, 0) is 4.79 Å². The van der Waals surface area contributed by atoms with E-state index >= 15 is 0 Å². The van der Waals surface area contributed by atoms with Crippen molar-refractivity contribution < 1.29 is 9.90 Å². The number of carbonyl (C=O) groups excluding carboxylic acids is 1. The summed E-state index contributed by atoms with van der Waals surface area (Å²) in [4.78, 5) is 17.2.